The summed E-state index contributed by atoms with van der Waals surface area (Å²) in [4.78, 5) is 5.16. The van der Waals surface area contributed by atoms with Crippen LogP contribution in [0, 0.1) is 5.92 Å². The molecule has 1 N–H and O–H groups in total. The van der Waals surface area contributed by atoms with Gasteiger partial charge in [-0.1, -0.05) is 13.8 Å². The van der Waals surface area contributed by atoms with Gasteiger partial charge < -0.3 is 4.84 Å². The van der Waals surface area contributed by atoms with E-state index in [1.165, 1.54) is 5.57 Å². The Hall–Kier alpha value is -0.500. The zero-order chi connectivity index (χ0) is 6.85. The molecule has 0 aromatic carbocycles. The normalized spacial score (nSPS) is 19.1. The van der Waals surface area contributed by atoms with E-state index in [1.54, 1.807) is 0 Å². The molecule has 0 unspecified atom stereocenters. The summed E-state index contributed by atoms with van der Waals surface area (Å²) >= 11 is 0. The van der Waals surface area contributed by atoms with Gasteiger partial charge in [0.05, 0.1) is 6.54 Å². The average molecular weight is 127 g/mol. The van der Waals surface area contributed by atoms with Crippen molar-refractivity contribution in [3.63, 3.8) is 0 Å². The van der Waals surface area contributed by atoms with E-state index in [-0.39, 0.29) is 0 Å². The predicted molar refractivity (Wildman–Crippen MR) is 36.6 cm³/mol. The van der Waals surface area contributed by atoms with E-state index < -0.39 is 0 Å². The van der Waals surface area contributed by atoms with Crippen molar-refractivity contribution < 1.29 is 4.84 Å². The van der Waals surface area contributed by atoms with Crippen molar-refractivity contribution in [1.82, 2.24) is 5.48 Å². The fraction of sp³-hybridized carbons (Fsp3) is 0.714. The molecular weight excluding hydrogens is 114 g/mol. The zero-order valence-electron chi connectivity index (χ0n) is 6.19. The highest BCUT2D eigenvalue weighted by molar-refractivity contribution is 5.11. The molecule has 2 heteroatoms. The quantitative estimate of drug-likeness (QED) is 0.575. The van der Waals surface area contributed by atoms with E-state index in [9.17, 15) is 0 Å². The third kappa shape index (κ3) is 1.24. The number of hydroxylamine groups is 1. The smallest absolute Gasteiger partial charge is 0.127 e. The van der Waals surface area contributed by atoms with Gasteiger partial charge in [0, 0.05) is 5.92 Å². The highest BCUT2D eigenvalue weighted by atomic mass is 16.7. The van der Waals surface area contributed by atoms with Crippen molar-refractivity contribution in [3.05, 3.63) is 11.3 Å². The Morgan fingerprint density at radius 1 is 1.56 bits per heavy atom. The molecule has 1 aliphatic rings. The molecule has 9 heavy (non-hydrogen) atoms. The second kappa shape index (κ2) is 2.40. The van der Waals surface area contributed by atoms with Crippen LogP contribution in [0.15, 0.2) is 11.3 Å². The Kier molecular flexibility index (Phi) is 1.76. The van der Waals surface area contributed by atoms with Crippen molar-refractivity contribution in [2.24, 2.45) is 5.92 Å². The minimum atomic E-state index is 0.514. The van der Waals surface area contributed by atoms with Gasteiger partial charge in [0.25, 0.3) is 0 Å². The number of allylic oxidation sites excluding steroid dienone is 1. The van der Waals surface area contributed by atoms with Crippen molar-refractivity contribution in [1.29, 1.82) is 0 Å². The second-order valence-corrected chi connectivity index (χ2v) is 2.72. The standard InChI is InChI=1S/C7H13NO/c1-5(2)7-6(3)4-8-9-7/h5,8H,4H2,1-3H3. The first kappa shape index (κ1) is 6.62. The van der Waals surface area contributed by atoms with Crippen molar-refractivity contribution in [3.8, 4) is 0 Å². The first-order valence-electron chi connectivity index (χ1n) is 3.31. The summed E-state index contributed by atoms with van der Waals surface area (Å²) in [5.74, 6) is 1.62. The molecule has 1 rings (SSSR count). The van der Waals surface area contributed by atoms with Crippen LogP contribution in [0.2, 0.25) is 0 Å². The second-order valence-electron chi connectivity index (χ2n) is 2.72. The van der Waals surface area contributed by atoms with Gasteiger partial charge in [0.15, 0.2) is 0 Å². The van der Waals surface area contributed by atoms with Gasteiger partial charge in [0.1, 0.15) is 5.76 Å². The molecule has 0 fully saturated rings. The SMILES string of the molecule is CC1=C(C(C)C)ONC1. The summed E-state index contributed by atoms with van der Waals surface area (Å²) in [6, 6.07) is 0. The molecule has 0 spiro atoms. The summed E-state index contributed by atoms with van der Waals surface area (Å²) in [6.07, 6.45) is 0. The van der Waals surface area contributed by atoms with Gasteiger partial charge in [-0.3, -0.25) is 0 Å². The molecule has 52 valence electrons. The maximum atomic E-state index is 5.16. The molecule has 0 aromatic rings. The maximum Gasteiger partial charge on any atom is 0.127 e. The van der Waals surface area contributed by atoms with Crippen LogP contribution in [0.25, 0.3) is 0 Å². The molecule has 0 saturated heterocycles. The van der Waals surface area contributed by atoms with E-state index >= 15 is 0 Å². The van der Waals surface area contributed by atoms with Gasteiger partial charge in [-0.2, -0.15) is 5.48 Å². The number of hydrogen-bond donors (Lipinski definition) is 1. The van der Waals surface area contributed by atoms with Gasteiger partial charge >= 0.3 is 0 Å². The summed E-state index contributed by atoms with van der Waals surface area (Å²) in [6.45, 7) is 7.24. The van der Waals surface area contributed by atoms with Gasteiger partial charge in [-0.15, -0.1) is 0 Å². The van der Waals surface area contributed by atoms with E-state index in [0.29, 0.717) is 5.92 Å². The van der Waals surface area contributed by atoms with E-state index in [2.05, 4.69) is 26.3 Å². The lowest BCUT2D eigenvalue weighted by Gasteiger charge is -2.05. The lowest BCUT2D eigenvalue weighted by Crippen LogP contribution is -2.06. The number of nitrogens with one attached hydrogen (secondary N) is 1. The highest BCUT2D eigenvalue weighted by Gasteiger charge is 2.14. The minimum absolute atomic E-state index is 0.514. The monoisotopic (exact) mass is 127 g/mol. The zero-order valence-corrected chi connectivity index (χ0v) is 6.19. The van der Waals surface area contributed by atoms with Gasteiger partial charge in [0.2, 0.25) is 0 Å². The van der Waals surface area contributed by atoms with E-state index in [0.717, 1.165) is 12.3 Å². The molecule has 0 saturated carbocycles. The Bertz CT molecular complexity index is 138. The number of rotatable bonds is 1. The molecule has 0 atom stereocenters. The van der Waals surface area contributed by atoms with Crippen LogP contribution in [0.5, 0.6) is 0 Å². The summed E-state index contributed by atoms with van der Waals surface area (Å²) in [5.41, 5.74) is 4.15. The van der Waals surface area contributed by atoms with E-state index in [1.807, 2.05) is 0 Å². The lowest BCUT2D eigenvalue weighted by molar-refractivity contribution is 0.120. The Morgan fingerprint density at radius 3 is 2.44 bits per heavy atom. The molecule has 1 heterocycles. The summed E-state index contributed by atoms with van der Waals surface area (Å²) in [5, 5.41) is 0. The topological polar surface area (TPSA) is 21.3 Å². The highest BCUT2D eigenvalue weighted by Crippen LogP contribution is 2.18. The molecule has 1 aliphatic heterocycles. The van der Waals surface area contributed by atoms with Crippen LogP contribution >= 0.6 is 0 Å². The van der Waals surface area contributed by atoms with Crippen LogP contribution in [-0.4, -0.2) is 6.54 Å². The Labute approximate surface area is 55.9 Å². The fourth-order valence-corrected chi connectivity index (χ4v) is 1.01. The fourth-order valence-electron chi connectivity index (χ4n) is 1.01. The predicted octanol–water partition coefficient (Wildman–Crippen LogP) is 1.45. The van der Waals surface area contributed by atoms with Gasteiger partial charge in [-0.05, 0) is 12.5 Å². The molecule has 0 radical (unpaired) electrons. The maximum absolute atomic E-state index is 5.16. The lowest BCUT2D eigenvalue weighted by atomic mass is 10.1. The van der Waals surface area contributed by atoms with Crippen molar-refractivity contribution in [2.45, 2.75) is 20.8 Å². The summed E-state index contributed by atoms with van der Waals surface area (Å²) in [7, 11) is 0. The summed E-state index contributed by atoms with van der Waals surface area (Å²) < 4.78 is 0. The van der Waals surface area contributed by atoms with Crippen molar-refractivity contribution in [2.75, 3.05) is 6.54 Å². The molecule has 0 amide bonds. The third-order valence-electron chi connectivity index (χ3n) is 1.46. The van der Waals surface area contributed by atoms with Crippen molar-refractivity contribution >= 4 is 0 Å². The van der Waals surface area contributed by atoms with Crippen LogP contribution in [0.1, 0.15) is 20.8 Å². The minimum Gasteiger partial charge on any atom is -0.413 e. The first-order chi connectivity index (χ1) is 4.22. The molecule has 0 aliphatic carbocycles. The molecule has 0 bridgehead atoms. The van der Waals surface area contributed by atoms with E-state index in [4.69, 9.17) is 4.84 Å². The first-order valence-corrected chi connectivity index (χ1v) is 3.31. The van der Waals surface area contributed by atoms with Gasteiger partial charge in [-0.25, -0.2) is 0 Å². The molecular formula is C7H13NO. The van der Waals surface area contributed by atoms with Crippen LogP contribution < -0.4 is 5.48 Å². The molecule has 0 aromatic heterocycles. The Balaban J connectivity index is 2.66. The Morgan fingerprint density at radius 2 is 2.22 bits per heavy atom. The number of hydrogen-bond acceptors (Lipinski definition) is 2. The van der Waals surface area contributed by atoms with Crippen LogP contribution in [0.3, 0.4) is 0 Å². The van der Waals surface area contributed by atoms with Crippen LogP contribution in [-0.2, 0) is 4.84 Å². The third-order valence-corrected chi connectivity index (χ3v) is 1.46. The van der Waals surface area contributed by atoms with Crippen LogP contribution in [0.4, 0.5) is 0 Å². The largest absolute Gasteiger partial charge is 0.413 e. The average Bonchev–Trinajstić information content (AvgIpc) is 2.13. The molecule has 2 nitrogen and oxygen atoms in total.